The Labute approximate surface area is 137 Å². The minimum Gasteiger partial charge on any atom is -0.372 e. The molecule has 1 fully saturated rings. The smallest absolute Gasteiger partial charge is 0.257 e. The first kappa shape index (κ1) is 15.5. The molecular weight excluding hydrogens is 286 g/mol. The number of carbonyl (C=O) groups is 1. The summed E-state index contributed by atoms with van der Waals surface area (Å²) in [6.45, 7) is 1.66. The second-order valence-corrected chi connectivity index (χ2v) is 6.07. The molecule has 1 saturated heterocycles. The van der Waals surface area contributed by atoms with Crippen LogP contribution in [0.4, 0.5) is 5.82 Å². The summed E-state index contributed by atoms with van der Waals surface area (Å²) in [4.78, 5) is 18.9. The van der Waals surface area contributed by atoms with Crippen molar-refractivity contribution in [1.29, 1.82) is 0 Å². The number of rotatable bonds is 4. The maximum absolute atomic E-state index is 12.7. The van der Waals surface area contributed by atoms with E-state index in [1.54, 1.807) is 13.2 Å². The third kappa shape index (κ3) is 3.70. The number of likely N-dealkylation sites (tertiary alicyclic amines) is 1. The van der Waals surface area contributed by atoms with E-state index in [4.69, 9.17) is 0 Å². The number of nitrogens with one attached hydrogen (secondary N) is 1. The number of hydrogen-bond donors (Lipinski definition) is 1. The van der Waals surface area contributed by atoms with E-state index in [0.29, 0.717) is 17.3 Å². The molecule has 1 amide bonds. The molecule has 4 heteroatoms. The number of amides is 1. The molecule has 0 bridgehead atoms. The highest BCUT2D eigenvalue weighted by atomic mass is 16.2. The largest absolute Gasteiger partial charge is 0.372 e. The number of carbonyl (C=O) groups excluding carboxylic acids is 1. The van der Waals surface area contributed by atoms with Crippen molar-refractivity contribution in [2.45, 2.75) is 19.3 Å². The van der Waals surface area contributed by atoms with Crippen LogP contribution < -0.4 is 5.32 Å². The molecule has 0 radical (unpaired) electrons. The molecule has 3 rings (SSSR count). The van der Waals surface area contributed by atoms with Crippen LogP contribution in [0.25, 0.3) is 0 Å². The van der Waals surface area contributed by atoms with Gasteiger partial charge < -0.3 is 10.2 Å². The molecule has 0 aliphatic carbocycles. The molecule has 1 aromatic carbocycles. The van der Waals surface area contributed by atoms with E-state index in [1.807, 2.05) is 17.0 Å². The van der Waals surface area contributed by atoms with Gasteiger partial charge >= 0.3 is 0 Å². The van der Waals surface area contributed by atoms with Crippen LogP contribution in [0.15, 0.2) is 48.7 Å². The van der Waals surface area contributed by atoms with Crippen LogP contribution in [0, 0.1) is 5.92 Å². The molecule has 0 spiro atoms. The van der Waals surface area contributed by atoms with Gasteiger partial charge in [0.1, 0.15) is 5.82 Å². The fourth-order valence-corrected chi connectivity index (χ4v) is 3.24. The van der Waals surface area contributed by atoms with Crippen LogP contribution in [0.3, 0.4) is 0 Å². The van der Waals surface area contributed by atoms with Gasteiger partial charge in [-0.2, -0.15) is 0 Å². The molecule has 1 aromatic heterocycles. The van der Waals surface area contributed by atoms with E-state index in [1.165, 1.54) is 5.56 Å². The highest BCUT2D eigenvalue weighted by Crippen LogP contribution is 2.24. The Morgan fingerprint density at radius 2 is 1.91 bits per heavy atom. The summed E-state index contributed by atoms with van der Waals surface area (Å²) in [7, 11) is 1.80. The van der Waals surface area contributed by atoms with Crippen molar-refractivity contribution in [3.8, 4) is 0 Å². The Balaban J connectivity index is 1.59. The minimum absolute atomic E-state index is 0.0839. The lowest BCUT2D eigenvalue weighted by molar-refractivity contribution is 0.0691. The Hall–Kier alpha value is -2.36. The van der Waals surface area contributed by atoms with Gasteiger partial charge in [-0.05, 0) is 42.9 Å². The van der Waals surface area contributed by atoms with E-state index in [-0.39, 0.29) is 5.91 Å². The zero-order chi connectivity index (χ0) is 16.1. The van der Waals surface area contributed by atoms with E-state index >= 15 is 0 Å². The van der Waals surface area contributed by atoms with Gasteiger partial charge in [0.2, 0.25) is 0 Å². The normalized spacial score (nSPS) is 15.4. The monoisotopic (exact) mass is 309 g/mol. The van der Waals surface area contributed by atoms with Gasteiger partial charge in [-0.3, -0.25) is 4.79 Å². The number of benzene rings is 1. The Bertz CT molecular complexity index is 649. The van der Waals surface area contributed by atoms with Crippen molar-refractivity contribution in [3.63, 3.8) is 0 Å². The maximum Gasteiger partial charge on any atom is 0.257 e. The summed E-state index contributed by atoms with van der Waals surface area (Å²) in [6, 6.07) is 14.3. The molecular formula is C19H23N3O. The molecule has 1 aliphatic rings. The molecule has 1 aliphatic heterocycles. The predicted octanol–water partition coefficient (Wildman–Crippen LogP) is 3.22. The van der Waals surface area contributed by atoms with Crippen LogP contribution in [0.2, 0.25) is 0 Å². The fourth-order valence-electron chi connectivity index (χ4n) is 3.24. The van der Waals surface area contributed by atoms with E-state index in [2.05, 4.69) is 40.6 Å². The summed E-state index contributed by atoms with van der Waals surface area (Å²) < 4.78 is 0. The number of hydrogen-bond acceptors (Lipinski definition) is 3. The predicted molar refractivity (Wildman–Crippen MR) is 92.6 cm³/mol. The average molecular weight is 309 g/mol. The van der Waals surface area contributed by atoms with E-state index in [9.17, 15) is 4.79 Å². The SMILES string of the molecule is CNc1ncccc1C(=O)N1CCC(Cc2ccccc2)CC1. The van der Waals surface area contributed by atoms with E-state index in [0.717, 1.165) is 32.4 Å². The van der Waals surface area contributed by atoms with Crippen molar-refractivity contribution in [1.82, 2.24) is 9.88 Å². The van der Waals surface area contributed by atoms with E-state index < -0.39 is 0 Å². The highest BCUT2D eigenvalue weighted by Gasteiger charge is 2.25. The van der Waals surface area contributed by atoms with Gasteiger partial charge in [0.15, 0.2) is 0 Å². The van der Waals surface area contributed by atoms with Crippen LogP contribution in [-0.2, 0) is 6.42 Å². The van der Waals surface area contributed by atoms with Crippen LogP contribution in [-0.4, -0.2) is 35.9 Å². The van der Waals surface area contributed by atoms with Crippen molar-refractivity contribution in [2.75, 3.05) is 25.5 Å². The van der Waals surface area contributed by atoms with Crippen molar-refractivity contribution in [3.05, 3.63) is 59.8 Å². The molecule has 23 heavy (non-hydrogen) atoms. The quantitative estimate of drug-likeness (QED) is 0.943. The minimum atomic E-state index is 0.0839. The summed E-state index contributed by atoms with van der Waals surface area (Å²) in [6.07, 6.45) is 4.94. The number of piperidine rings is 1. The van der Waals surface area contributed by atoms with Crippen molar-refractivity contribution in [2.24, 2.45) is 5.92 Å². The van der Waals surface area contributed by atoms with Gasteiger partial charge in [0.05, 0.1) is 5.56 Å². The first-order valence-corrected chi connectivity index (χ1v) is 8.24. The first-order valence-electron chi connectivity index (χ1n) is 8.24. The van der Waals surface area contributed by atoms with Gasteiger partial charge in [0.25, 0.3) is 5.91 Å². The molecule has 4 nitrogen and oxygen atoms in total. The van der Waals surface area contributed by atoms with Crippen LogP contribution >= 0.6 is 0 Å². The molecule has 1 N–H and O–H groups in total. The topological polar surface area (TPSA) is 45.2 Å². The van der Waals surface area contributed by atoms with Crippen molar-refractivity contribution < 1.29 is 4.79 Å². The Kier molecular flexibility index (Phi) is 4.91. The molecule has 2 aromatic rings. The number of aromatic nitrogens is 1. The van der Waals surface area contributed by atoms with Gasteiger partial charge in [0, 0.05) is 26.3 Å². The zero-order valence-corrected chi connectivity index (χ0v) is 13.5. The maximum atomic E-state index is 12.7. The van der Waals surface area contributed by atoms with Gasteiger partial charge in [-0.25, -0.2) is 4.98 Å². The third-order valence-electron chi connectivity index (χ3n) is 4.54. The summed E-state index contributed by atoms with van der Waals surface area (Å²) in [5, 5.41) is 3.00. The third-order valence-corrected chi connectivity index (χ3v) is 4.54. The second kappa shape index (κ2) is 7.27. The standard InChI is InChI=1S/C19H23N3O/c1-20-18-17(8-5-11-21-18)19(23)22-12-9-16(10-13-22)14-15-6-3-2-4-7-15/h2-8,11,16H,9-10,12-14H2,1H3,(H,20,21). The highest BCUT2D eigenvalue weighted by molar-refractivity contribution is 5.98. The Morgan fingerprint density at radius 3 is 2.61 bits per heavy atom. The summed E-state index contributed by atoms with van der Waals surface area (Å²) in [5.74, 6) is 1.41. The molecule has 2 heterocycles. The fraction of sp³-hybridized carbons (Fsp3) is 0.368. The summed E-state index contributed by atoms with van der Waals surface area (Å²) in [5.41, 5.74) is 2.05. The lowest BCUT2D eigenvalue weighted by Crippen LogP contribution is -2.39. The lowest BCUT2D eigenvalue weighted by atomic mass is 9.90. The Morgan fingerprint density at radius 1 is 1.17 bits per heavy atom. The molecule has 0 atom stereocenters. The zero-order valence-electron chi connectivity index (χ0n) is 13.5. The lowest BCUT2D eigenvalue weighted by Gasteiger charge is -2.32. The average Bonchev–Trinajstić information content (AvgIpc) is 2.62. The molecule has 120 valence electrons. The van der Waals surface area contributed by atoms with Crippen LogP contribution in [0.5, 0.6) is 0 Å². The van der Waals surface area contributed by atoms with Gasteiger partial charge in [-0.1, -0.05) is 30.3 Å². The number of anilines is 1. The number of nitrogens with zero attached hydrogens (tertiary/aromatic N) is 2. The summed E-state index contributed by atoms with van der Waals surface area (Å²) >= 11 is 0. The molecule has 0 unspecified atom stereocenters. The molecule has 0 saturated carbocycles. The second-order valence-electron chi connectivity index (χ2n) is 6.07. The first-order chi connectivity index (χ1) is 11.3. The van der Waals surface area contributed by atoms with Crippen molar-refractivity contribution >= 4 is 11.7 Å². The number of pyridine rings is 1. The van der Waals surface area contributed by atoms with Crippen LogP contribution in [0.1, 0.15) is 28.8 Å². The van der Waals surface area contributed by atoms with Gasteiger partial charge in [-0.15, -0.1) is 0 Å².